The highest BCUT2D eigenvalue weighted by Crippen LogP contribution is 2.26. The molecular weight excluding hydrogens is 288 g/mol. The fourth-order valence-corrected chi connectivity index (χ4v) is 3.57. The second kappa shape index (κ2) is 6.08. The highest BCUT2D eigenvalue weighted by molar-refractivity contribution is 6.03. The Labute approximate surface area is 136 Å². The van der Waals surface area contributed by atoms with Gasteiger partial charge in [-0.2, -0.15) is 0 Å². The molecule has 3 heterocycles. The molecule has 1 amide bonds. The first-order chi connectivity index (χ1) is 11.3. The number of benzene rings is 1. The van der Waals surface area contributed by atoms with E-state index in [4.69, 9.17) is 0 Å². The molecule has 0 radical (unpaired) electrons. The number of carbonyl (C=O) groups excluding carboxylic acids is 1. The van der Waals surface area contributed by atoms with Gasteiger partial charge in [0.05, 0.1) is 0 Å². The van der Waals surface area contributed by atoms with Crippen molar-refractivity contribution < 1.29 is 4.79 Å². The molecule has 1 saturated heterocycles. The van der Waals surface area contributed by atoms with Crippen LogP contribution in [0.25, 0.3) is 0 Å². The van der Waals surface area contributed by atoms with Crippen LogP contribution in [0.1, 0.15) is 34.9 Å². The number of nitrogens with one attached hydrogen (secondary N) is 3. The van der Waals surface area contributed by atoms with Gasteiger partial charge in [0.25, 0.3) is 5.91 Å². The van der Waals surface area contributed by atoms with Crippen LogP contribution in [0.15, 0.2) is 36.5 Å². The summed E-state index contributed by atoms with van der Waals surface area (Å²) in [7, 11) is 0. The van der Waals surface area contributed by atoms with Crippen LogP contribution in [-0.2, 0) is 6.42 Å². The smallest absolute Gasteiger partial charge is 0.272 e. The molecule has 2 aliphatic rings. The van der Waals surface area contributed by atoms with Crippen molar-refractivity contribution in [2.75, 3.05) is 30.3 Å². The van der Waals surface area contributed by atoms with Crippen LogP contribution >= 0.6 is 0 Å². The van der Waals surface area contributed by atoms with Crippen molar-refractivity contribution in [1.82, 2.24) is 9.88 Å². The van der Waals surface area contributed by atoms with Gasteiger partial charge in [0.1, 0.15) is 5.69 Å². The summed E-state index contributed by atoms with van der Waals surface area (Å²) in [5.41, 5.74) is 4.07. The maximum absolute atomic E-state index is 12.7. The number of rotatable bonds is 3. The Hall–Kier alpha value is -2.27. The van der Waals surface area contributed by atoms with Crippen LogP contribution in [0.5, 0.6) is 0 Å². The fourth-order valence-electron chi connectivity index (χ4n) is 3.57. The highest BCUT2D eigenvalue weighted by Gasteiger charge is 2.20. The first kappa shape index (κ1) is 14.3. The number of nitrogens with zero attached hydrogens (tertiary/aromatic N) is 1. The summed E-state index contributed by atoms with van der Waals surface area (Å²) in [6.07, 6.45) is 5.18. The van der Waals surface area contributed by atoms with Crippen LogP contribution in [0, 0.1) is 0 Å². The number of amides is 1. The Morgan fingerprint density at radius 1 is 1.17 bits per heavy atom. The number of anilines is 2. The average Bonchev–Trinajstić information content (AvgIpc) is 3.24. The molecule has 5 nitrogen and oxygen atoms in total. The minimum atomic E-state index is -0.0283. The normalized spacial score (nSPS) is 17.6. The van der Waals surface area contributed by atoms with E-state index in [2.05, 4.69) is 26.6 Å². The third-order valence-electron chi connectivity index (χ3n) is 4.79. The number of aromatic nitrogens is 1. The molecular formula is C18H22N4O. The molecule has 0 unspecified atom stereocenters. The van der Waals surface area contributed by atoms with E-state index in [1.807, 2.05) is 30.5 Å². The van der Waals surface area contributed by atoms with E-state index >= 15 is 0 Å². The minimum absolute atomic E-state index is 0.0283. The van der Waals surface area contributed by atoms with Gasteiger partial charge in [-0.1, -0.05) is 0 Å². The molecule has 3 N–H and O–H groups in total. The third-order valence-corrected chi connectivity index (χ3v) is 4.79. The molecule has 4 rings (SSSR count). The van der Waals surface area contributed by atoms with Gasteiger partial charge in [0, 0.05) is 30.2 Å². The van der Waals surface area contributed by atoms with Crippen molar-refractivity contribution in [1.29, 1.82) is 0 Å². The van der Waals surface area contributed by atoms with Crippen LogP contribution in [0.3, 0.4) is 0 Å². The summed E-state index contributed by atoms with van der Waals surface area (Å²) < 4.78 is 2.13. The second-order valence-corrected chi connectivity index (χ2v) is 6.28. The maximum atomic E-state index is 12.7. The lowest BCUT2D eigenvalue weighted by Crippen LogP contribution is -2.31. The summed E-state index contributed by atoms with van der Waals surface area (Å²) in [6, 6.07) is 10.4. The summed E-state index contributed by atoms with van der Waals surface area (Å²) >= 11 is 0. The quantitative estimate of drug-likeness (QED) is 0.817. The monoisotopic (exact) mass is 310 g/mol. The third kappa shape index (κ3) is 2.84. The van der Waals surface area contributed by atoms with Crippen LogP contribution in [-0.4, -0.2) is 30.1 Å². The first-order valence-electron chi connectivity index (χ1n) is 8.37. The van der Waals surface area contributed by atoms with E-state index < -0.39 is 0 Å². The lowest BCUT2D eigenvalue weighted by atomic mass is 10.1. The standard InChI is InChI=1S/C18H22N4O/c23-18(21-14-3-4-16-13(12-14)5-10-20-16)17-2-1-11-22(17)15-6-8-19-9-7-15/h1-4,11-12,15,19-20H,5-10H2,(H,21,23). The van der Waals surface area contributed by atoms with Gasteiger partial charge in [0.2, 0.25) is 0 Å². The largest absolute Gasteiger partial charge is 0.384 e. The minimum Gasteiger partial charge on any atom is -0.384 e. The second-order valence-electron chi connectivity index (χ2n) is 6.28. The van der Waals surface area contributed by atoms with E-state index in [1.165, 1.54) is 11.3 Å². The zero-order chi connectivity index (χ0) is 15.6. The molecule has 1 fully saturated rings. The van der Waals surface area contributed by atoms with E-state index in [9.17, 15) is 4.79 Å². The van der Waals surface area contributed by atoms with E-state index in [0.717, 1.165) is 50.3 Å². The van der Waals surface area contributed by atoms with E-state index in [-0.39, 0.29) is 5.91 Å². The van der Waals surface area contributed by atoms with Crippen molar-refractivity contribution in [3.63, 3.8) is 0 Å². The Morgan fingerprint density at radius 2 is 2.04 bits per heavy atom. The van der Waals surface area contributed by atoms with Crippen molar-refractivity contribution >= 4 is 17.3 Å². The number of hydrogen-bond acceptors (Lipinski definition) is 3. The van der Waals surface area contributed by atoms with Gasteiger partial charge in [-0.15, -0.1) is 0 Å². The lowest BCUT2D eigenvalue weighted by Gasteiger charge is -2.26. The molecule has 0 aliphatic carbocycles. The maximum Gasteiger partial charge on any atom is 0.272 e. The molecule has 120 valence electrons. The fraction of sp³-hybridized carbons (Fsp3) is 0.389. The molecule has 2 aromatic rings. The van der Waals surface area contributed by atoms with Gasteiger partial charge in [-0.25, -0.2) is 0 Å². The molecule has 2 aliphatic heterocycles. The number of carbonyl (C=O) groups is 1. The van der Waals surface area contributed by atoms with Gasteiger partial charge in [-0.3, -0.25) is 4.79 Å². The molecule has 1 aromatic carbocycles. The van der Waals surface area contributed by atoms with Crippen molar-refractivity contribution in [2.24, 2.45) is 0 Å². The zero-order valence-corrected chi connectivity index (χ0v) is 13.1. The highest BCUT2D eigenvalue weighted by atomic mass is 16.1. The van der Waals surface area contributed by atoms with E-state index in [1.54, 1.807) is 0 Å². The van der Waals surface area contributed by atoms with Gasteiger partial charge in [-0.05, 0) is 68.2 Å². The Balaban J connectivity index is 1.52. The number of fused-ring (bicyclic) bond motifs is 1. The zero-order valence-electron chi connectivity index (χ0n) is 13.1. The molecule has 5 heteroatoms. The van der Waals surface area contributed by atoms with Crippen LogP contribution in [0.2, 0.25) is 0 Å². The molecule has 0 atom stereocenters. The molecule has 23 heavy (non-hydrogen) atoms. The van der Waals surface area contributed by atoms with Crippen molar-refractivity contribution in [3.05, 3.63) is 47.8 Å². The number of piperidine rings is 1. The van der Waals surface area contributed by atoms with Crippen LogP contribution in [0.4, 0.5) is 11.4 Å². The van der Waals surface area contributed by atoms with Crippen molar-refractivity contribution in [3.8, 4) is 0 Å². The average molecular weight is 310 g/mol. The molecule has 0 saturated carbocycles. The first-order valence-corrected chi connectivity index (χ1v) is 8.37. The predicted molar refractivity (Wildman–Crippen MR) is 92.2 cm³/mol. The molecule has 1 aromatic heterocycles. The molecule has 0 spiro atoms. The summed E-state index contributed by atoms with van der Waals surface area (Å²) in [4.78, 5) is 12.7. The SMILES string of the molecule is O=C(Nc1ccc2c(c1)CCN2)c1cccn1C1CCNCC1. The number of hydrogen-bond donors (Lipinski definition) is 3. The predicted octanol–water partition coefficient (Wildman–Crippen LogP) is 2.63. The summed E-state index contributed by atoms with van der Waals surface area (Å²) in [5.74, 6) is -0.0283. The molecule has 0 bridgehead atoms. The van der Waals surface area contributed by atoms with Crippen LogP contribution < -0.4 is 16.0 Å². The Morgan fingerprint density at radius 3 is 2.91 bits per heavy atom. The summed E-state index contributed by atoms with van der Waals surface area (Å²) in [6.45, 7) is 3.01. The lowest BCUT2D eigenvalue weighted by molar-refractivity contribution is 0.101. The van der Waals surface area contributed by atoms with Crippen molar-refractivity contribution in [2.45, 2.75) is 25.3 Å². The summed E-state index contributed by atoms with van der Waals surface area (Å²) in [5, 5.41) is 9.76. The Bertz CT molecular complexity index is 716. The van der Waals surface area contributed by atoms with E-state index in [0.29, 0.717) is 6.04 Å². The topological polar surface area (TPSA) is 58.1 Å². The van der Waals surface area contributed by atoms with Gasteiger partial charge < -0.3 is 20.5 Å². The van der Waals surface area contributed by atoms with Gasteiger partial charge in [0.15, 0.2) is 0 Å². The van der Waals surface area contributed by atoms with Gasteiger partial charge >= 0.3 is 0 Å². The Kier molecular flexibility index (Phi) is 3.79.